The Morgan fingerprint density at radius 3 is 2.80 bits per heavy atom. The van der Waals surface area contributed by atoms with Crippen molar-refractivity contribution in [2.45, 2.75) is 73.9 Å². The smallest absolute Gasteiger partial charge is 0.416 e. The van der Waals surface area contributed by atoms with Crippen LogP contribution in [0.5, 0.6) is 11.5 Å². The molecule has 3 fully saturated rings. The number of aromatic hydroxyl groups is 1. The van der Waals surface area contributed by atoms with Crippen molar-refractivity contribution in [3.63, 3.8) is 0 Å². The summed E-state index contributed by atoms with van der Waals surface area (Å²) < 4.78 is 45.8. The zero-order valence-corrected chi connectivity index (χ0v) is 22.3. The van der Waals surface area contributed by atoms with Crippen molar-refractivity contribution >= 4 is 12.0 Å². The van der Waals surface area contributed by atoms with Gasteiger partial charge in [0, 0.05) is 43.7 Å². The van der Waals surface area contributed by atoms with Gasteiger partial charge in [-0.15, -0.1) is 0 Å². The number of aliphatic hydroxyl groups is 1. The number of ether oxygens (including phenoxy) is 1. The Morgan fingerprint density at radius 1 is 1.25 bits per heavy atom. The predicted octanol–water partition coefficient (Wildman–Crippen LogP) is 4.52. The van der Waals surface area contributed by atoms with Crippen LogP contribution in [0.3, 0.4) is 0 Å². The first kappa shape index (κ1) is 25.9. The number of piperidine rings is 1. The van der Waals surface area contributed by atoms with Crippen LogP contribution in [0.15, 0.2) is 42.5 Å². The fourth-order valence-corrected chi connectivity index (χ4v) is 8.06. The average molecular weight is 555 g/mol. The Kier molecular flexibility index (Phi) is 5.65. The van der Waals surface area contributed by atoms with Gasteiger partial charge in [-0.05, 0) is 80.0 Å². The van der Waals surface area contributed by atoms with Crippen LogP contribution in [0.4, 0.5) is 13.2 Å². The molecule has 2 N–H and O–H groups in total. The monoisotopic (exact) mass is 554 g/mol. The second kappa shape index (κ2) is 8.73. The molecule has 1 saturated heterocycles. The zero-order chi connectivity index (χ0) is 28.0. The molecule has 212 valence electrons. The number of benzene rings is 2. The van der Waals surface area contributed by atoms with E-state index in [0.29, 0.717) is 30.9 Å². The van der Waals surface area contributed by atoms with Gasteiger partial charge in [-0.3, -0.25) is 9.69 Å². The third-order valence-corrected chi connectivity index (χ3v) is 10.2. The standard InChI is InChI=1S/C31H33F3N2O4/c1-35(26(38)10-7-18-3-2-4-21(13-18)31(32,33)34)22-15-25-29-11-12-36(17-19-5-6-19)24(30(29,39)16-22)14-20-8-9-23(37)28(40-25)27(20)29/h2-4,7-10,13,19,22,24-25,37,39H,5-6,11-12,14-17H2,1H3/b10-7+/t22?,24-,25?,29-,30-/m1/s1. The number of rotatable bonds is 5. The van der Waals surface area contributed by atoms with Crippen LogP contribution < -0.4 is 4.74 Å². The van der Waals surface area contributed by atoms with Gasteiger partial charge < -0.3 is 19.8 Å². The number of nitrogens with zero attached hydrogens (tertiary/aromatic N) is 2. The van der Waals surface area contributed by atoms with Crippen molar-refractivity contribution in [3.05, 3.63) is 64.7 Å². The van der Waals surface area contributed by atoms with Gasteiger partial charge in [-0.1, -0.05) is 18.2 Å². The summed E-state index contributed by atoms with van der Waals surface area (Å²) in [5.41, 5.74) is -0.216. The highest BCUT2D eigenvalue weighted by Gasteiger charge is 2.72. The quantitative estimate of drug-likeness (QED) is 0.532. The van der Waals surface area contributed by atoms with E-state index in [0.717, 1.165) is 42.8 Å². The summed E-state index contributed by atoms with van der Waals surface area (Å²) in [6.07, 6.45) is 2.49. The van der Waals surface area contributed by atoms with Crippen LogP contribution in [0.1, 0.15) is 54.4 Å². The number of hydrogen-bond donors (Lipinski definition) is 2. The van der Waals surface area contributed by atoms with Gasteiger partial charge in [-0.2, -0.15) is 13.2 Å². The minimum Gasteiger partial charge on any atom is -0.504 e. The van der Waals surface area contributed by atoms with Gasteiger partial charge in [0.1, 0.15) is 6.10 Å². The van der Waals surface area contributed by atoms with Gasteiger partial charge in [0.05, 0.1) is 16.6 Å². The highest BCUT2D eigenvalue weighted by Crippen LogP contribution is 2.65. The van der Waals surface area contributed by atoms with E-state index in [1.807, 2.05) is 6.07 Å². The molecule has 1 amide bonds. The van der Waals surface area contributed by atoms with Crippen LogP contribution in [0, 0.1) is 5.92 Å². The van der Waals surface area contributed by atoms with Crippen molar-refractivity contribution < 1.29 is 32.9 Å². The molecule has 2 aliphatic heterocycles. The van der Waals surface area contributed by atoms with Crippen LogP contribution in [0.2, 0.25) is 0 Å². The Balaban J connectivity index is 1.19. The molecule has 5 aliphatic rings. The highest BCUT2D eigenvalue weighted by atomic mass is 19.4. The fraction of sp³-hybridized carbons (Fsp3) is 0.516. The van der Waals surface area contributed by atoms with Crippen LogP contribution >= 0.6 is 0 Å². The molecule has 6 nitrogen and oxygen atoms in total. The van der Waals surface area contributed by atoms with E-state index in [2.05, 4.69) is 4.90 Å². The molecule has 7 rings (SSSR count). The second-order valence-electron chi connectivity index (χ2n) is 12.4. The summed E-state index contributed by atoms with van der Waals surface area (Å²) in [5.74, 6) is 0.856. The molecule has 9 heteroatoms. The van der Waals surface area contributed by atoms with E-state index < -0.39 is 28.9 Å². The molecule has 2 unspecified atom stereocenters. The summed E-state index contributed by atoms with van der Waals surface area (Å²) in [5, 5.41) is 23.5. The molecule has 2 aromatic carbocycles. The van der Waals surface area contributed by atoms with Crippen molar-refractivity contribution in [3.8, 4) is 11.5 Å². The molecule has 2 saturated carbocycles. The Labute approximate surface area is 231 Å². The number of likely N-dealkylation sites (N-methyl/N-ethyl adjacent to an activating group) is 1. The topological polar surface area (TPSA) is 73.2 Å². The fourth-order valence-electron chi connectivity index (χ4n) is 8.06. The van der Waals surface area contributed by atoms with E-state index in [-0.39, 0.29) is 29.3 Å². The maximum Gasteiger partial charge on any atom is 0.416 e. The normalized spacial score (nSPS) is 32.6. The number of carbonyl (C=O) groups excluding carboxylic acids is 1. The van der Waals surface area contributed by atoms with Crippen molar-refractivity contribution in [1.82, 2.24) is 9.80 Å². The molecule has 1 spiro atoms. The Morgan fingerprint density at radius 2 is 2.05 bits per heavy atom. The van der Waals surface area contributed by atoms with E-state index in [1.165, 1.54) is 37.1 Å². The third-order valence-electron chi connectivity index (χ3n) is 10.2. The first-order valence-corrected chi connectivity index (χ1v) is 14.1. The summed E-state index contributed by atoms with van der Waals surface area (Å²) in [6.45, 7) is 1.81. The average Bonchev–Trinajstić information content (AvgIpc) is 3.66. The summed E-state index contributed by atoms with van der Waals surface area (Å²) in [6, 6.07) is 8.04. The molecular weight excluding hydrogens is 521 g/mol. The minimum absolute atomic E-state index is 0.0775. The van der Waals surface area contributed by atoms with E-state index in [4.69, 9.17) is 4.74 Å². The Hall–Kier alpha value is -3.04. The lowest BCUT2D eigenvalue weighted by Gasteiger charge is -2.64. The number of likely N-dealkylation sites (tertiary alicyclic amines) is 1. The number of alkyl halides is 3. The van der Waals surface area contributed by atoms with Crippen molar-refractivity contribution in [1.29, 1.82) is 0 Å². The first-order valence-electron chi connectivity index (χ1n) is 14.1. The van der Waals surface area contributed by atoms with Crippen LogP contribution in [-0.4, -0.2) is 69.8 Å². The number of carbonyl (C=O) groups is 1. The van der Waals surface area contributed by atoms with Crippen molar-refractivity contribution in [2.75, 3.05) is 20.1 Å². The molecule has 0 radical (unpaired) electrons. The maximum absolute atomic E-state index is 13.3. The molecule has 2 aromatic rings. The molecular formula is C31H33F3N2O4. The van der Waals surface area contributed by atoms with Gasteiger partial charge in [0.15, 0.2) is 11.5 Å². The first-order chi connectivity index (χ1) is 19.0. The molecule has 5 atom stereocenters. The van der Waals surface area contributed by atoms with Crippen molar-refractivity contribution in [2.24, 2.45) is 5.92 Å². The summed E-state index contributed by atoms with van der Waals surface area (Å²) in [7, 11) is 1.68. The van der Waals surface area contributed by atoms with Gasteiger partial charge in [-0.25, -0.2) is 0 Å². The number of amides is 1. The van der Waals surface area contributed by atoms with E-state index in [1.54, 1.807) is 18.0 Å². The Bertz CT molecular complexity index is 1410. The SMILES string of the molecule is CN(C(=O)/C=C/c1cccc(C(F)(F)F)c1)C1CC2Oc3c(O)ccc4c3[C@@]23CCN(CC2CC2)[C@H](C4)[C@]3(O)C1. The molecule has 3 aliphatic carbocycles. The number of hydrogen-bond acceptors (Lipinski definition) is 5. The summed E-state index contributed by atoms with van der Waals surface area (Å²) in [4.78, 5) is 17.3. The number of halogens is 3. The zero-order valence-electron chi connectivity index (χ0n) is 22.3. The predicted molar refractivity (Wildman–Crippen MR) is 142 cm³/mol. The van der Waals surface area contributed by atoms with Crippen LogP contribution in [-0.2, 0) is 22.8 Å². The third kappa shape index (κ3) is 3.73. The number of phenols is 1. The van der Waals surface area contributed by atoms with E-state index >= 15 is 0 Å². The second-order valence-corrected chi connectivity index (χ2v) is 12.4. The lowest BCUT2D eigenvalue weighted by Crippen LogP contribution is -2.77. The number of phenolic OH excluding ortho intramolecular Hbond substituents is 1. The summed E-state index contributed by atoms with van der Waals surface area (Å²) >= 11 is 0. The van der Waals surface area contributed by atoms with E-state index in [9.17, 15) is 28.2 Å². The van der Waals surface area contributed by atoms with Crippen LogP contribution in [0.25, 0.3) is 6.08 Å². The molecule has 2 heterocycles. The maximum atomic E-state index is 13.3. The van der Waals surface area contributed by atoms with Gasteiger partial charge in [0.2, 0.25) is 5.91 Å². The van der Waals surface area contributed by atoms with Gasteiger partial charge in [0.25, 0.3) is 0 Å². The van der Waals surface area contributed by atoms with Gasteiger partial charge >= 0.3 is 6.18 Å². The highest BCUT2D eigenvalue weighted by molar-refractivity contribution is 5.92. The molecule has 2 bridgehead atoms. The molecule has 0 aromatic heterocycles. The molecule has 40 heavy (non-hydrogen) atoms. The minimum atomic E-state index is -4.46. The lowest BCUT2D eigenvalue weighted by atomic mass is 9.48. The lowest BCUT2D eigenvalue weighted by molar-refractivity contribution is -0.198. The largest absolute Gasteiger partial charge is 0.504 e.